The number of carbonyl (C=O) groups is 3. The molecule has 5 aliphatic rings. The number of methoxy groups -OCH3 is 1. The van der Waals surface area contributed by atoms with E-state index in [-0.39, 0.29) is 58.5 Å². The Labute approximate surface area is 352 Å². The van der Waals surface area contributed by atoms with Gasteiger partial charge in [-0.05, 0) is 123 Å². The summed E-state index contributed by atoms with van der Waals surface area (Å²) in [6.45, 7) is 9.93. The van der Waals surface area contributed by atoms with Gasteiger partial charge in [0.25, 0.3) is 5.92 Å². The number of aromatic amines is 2. The molecule has 3 aliphatic carbocycles. The summed E-state index contributed by atoms with van der Waals surface area (Å²) < 4.78 is 43.8. The van der Waals surface area contributed by atoms with Gasteiger partial charge in [0.2, 0.25) is 5.91 Å². The van der Waals surface area contributed by atoms with E-state index in [0.29, 0.717) is 40.3 Å². The van der Waals surface area contributed by atoms with Crippen LogP contribution in [0.1, 0.15) is 108 Å². The van der Waals surface area contributed by atoms with Crippen LogP contribution in [0, 0.1) is 17.3 Å². The summed E-state index contributed by atoms with van der Waals surface area (Å²) in [6.07, 6.45) is 6.30. The van der Waals surface area contributed by atoms with Gasteiger partial charge >= 0.3 is 12.2 Å². The number of piperidine rings is 1. The molecule has 2 bridgehead atoms. The zero-order chi connectivity index (χ0) is 42.7. The number of halogens is 2. The van der Waals surface area contributed by atoms with Crippen molar-refractivity contribution in [2.45, 2.75) is 109 Å². The number of ether oxygens (including phenoxy) is 2. The zero-order valence-corrected chi connectivity index (χ0v) is 35.3. The lowest BCUT2D eigenvalue weighted by molar-refractivity contribution is -0.135. The number of fused-ring (bicyclic) bond motifs is 6. The molecule has 5 aromatic rings. The summed E-state index contributed by atoms with van der Waals surface area (Å²) in [5, 5.41) is 2.70. The quantitative estimate of drug-likeness (QED) is 0.148. The second-order valence-electron chi connectivity index (χ2n) is 19.2. The topological polar surface area (TPSA) is 146 Å². The van der Waals surface area contributed by atoms with Crippen molar-refractivity contribution >= 4 is 29.1 Å². The SMILES string of the molecule is COC(=O)N[C@@H](C(=O)N1CC2(CC2)C[C@H]1c1ncc(-c2ccc3c(c2)C(F)(F)c2cc(-c4ccc5nc([C@@H]6[C@H]7CC[C@H](C7)N6C(=O)OC(C)(C)C)[nH]c5c4)ccc2-3)[nH]1)C(C)C. The highest BCUT2D eigenvalue weighted by Crippen LogP contribution is 2.59. The van der Waals surface area contributed by atoms with E-state index in [1.165, 1.54) is 13.2 Å². The van der Waals surface area contributed by atoms with Crippen molar-refractivity contribution in [3.8, 4) is 33.5 Å². The number of nitrogens with one attached hydrogen (secondary N) is 3. The number of hydrogen-bond acceptors (Lipinski definition) is 7. The summed E-state index contributed by atoms with van der Waals surface area (Å²) in [5.41, 5.74) is 4.32. The van der Waals surface area contributed by atoms with Gasteiger partial charge in [0, 0.05) is 29.3 Å². The van der Waals surface area contributed by atoms with Crippen molar-refractivity contribution in [2.24, 2.45) is 17.3 Å². The number of likely N-dealkylation sites (tertiary alicyclic amines) is 2. The van der Waals surface area contributed by atoms with Crippen molar-refractivity contribution in [3.05, 3.63) is 83.6 Å². The van der Waals surface area contributed by atoms with Crippen LogP contribution in [-0.2, 0) is 20.2 Å². The van der Waals surface area contributed by atoms with Crippen LogP contribution in [0.3, 0.4) is 0 Å². The van der Waals surface area contributed by atoms with Crippen LogP contribution < -0.4 is 5.32 Å². The van der Waals surface area contributed by atoms with E-state index in [1.54, 1.807) is 24.4 Å². The van der Waals surface area contributed by atoms with Gasteiger partial charge in [-0.2, -0.15) is 8.78 Å². The average Bonchev–Trinajstić information content (AvgIpc) is 3.87. The molecule has 5 atom stereocenters. The Morgan fingerprint density at radius 2 is 1.61 bits per heavy atom. The summed E-state index contributed by atoms with van der Waals surface area (Å²) >= 11 is 0. The zero-order valence-electron chi connectivity index (χ0n) is 35.3. The van der Waals surface area contributed by atoms with Gasteiger partial charge in [0.1, 0.15) is 23.3 Å². The van der Waals surface area contributed by atoms with E-state index in [0.717, 1.165) is 60.9 Å². The maximum atomic E-state index is 16.6. The lowest BCUT2D eigenvalue weighted by Gasteiger charge is -2.35. The average molecular weight is 832 g/mol. The van der Waals surface area contributed by atoms with Crippen molar-refractivity contribution in [1.82, 2.24) is 35.1 Å². The summed E-state index contributed by atoms with van der Waals surface area (Å²) in [5.74, 6) is -2.03. The molecular weight excluding hydrogens is 781 g/mol. The van der Waals surface area contributed by atoms with E-state index >= 15 is 8.78 Å². The van der Waals surface area contributed by atoms with Crippen LogP contribution in [0.25, 0.3) is 44.5 Å². The molecule has 0 unspecified atom stereocenters. The Morgan fingerprint density at radius 1 is 0.918 bits per heavy atom. The highest BCUT2D eigenvalue weighted by atomic mass is 19.3. The third-order valence-corrected chi connectivity index (χ3v) is 13.7. The van der Waals surface area contributed by atoms with Gasteiger partial charge in [-0.15, -0.1) is 0 Å². The van der Waals surface area contributed by atoms with Gasteiger partial charge < -0.3 is 29.7 Å². The first-order valence-corrected chi connectivity index (χ1v) is 21.4. The molecule has 61 heavy (non-hydrogen) atoms. The number of alkyl halides is 2. The molecule has 0 radical (unpaired) electrons. The van der Waals surface area contributed by atoms with Crippen LogP contribution in [-0.4, -0.2) is 79.2 Å². The number of amides is 3. The van der Waals surface area contributed by atoms with Gasteiger partial charge in [-0.25, -0.2) is 19.6 Å². The number of rotatable bonds is 7. The normalized spacial score (nSPS) is 23.4. The molecule has 2 aliphatic heterocycles. The lowest BCUT2D eigenvalue weighted by atomic mass is 9.98. The van der Waals surface area contributed by atoms with Crippen LogP contribution in [0.15, 0.2) is 60.8 Å². The lowest BCUT2D eigenvalue weighted by Crippen LogP contribution is -2.51. The van der Waals surface area contributed by atoms with E-state index < -0.39 is 23.7 Å². The highest BCUT2D eigenvalue weighted by Gasteiger charge is 2.55. The third-order valence-electron chi connectivity index (χ3n) is 13.7. The minimum absolute atomic E-state index is 0.0215. The number of hydrogen-bond donors (Lipinski definition) is 3. The molecular formula is C47H51F2N7O5. The van der Waals surface area contributed by atoms with Crippen LogP contribution in [0.2, 0.25) is 0 Å². The maximum Gasteiger partial charge on any atom is 0.411 e. The minimum atomic E-state index is -3.26. The second kappa shape index (κ2) is 13.9. The Hall–Kier alpha value is -5.79. The van der Waals surface area contributed by atoms with Crippen LogP contribution >= 0.6 is 0 Å². The number of nitrogens with zero attached hydrogens (tertiary/aromatic N) is 4. The predicted octanol–water partition coefficient (Wildman–Crippen LogP) is 9.64. The number of H-pyrrole nitrogens is 2. The number of imidazole rings is 2. The molecule has 2 saturated heterocycles. The first-order chi connectivity index (χ1) is 29.0. The van der Waals surface area contributed by atoms with E-state index in [2.05, 4.69) is 15.3 Å². The van der Waals surface area contributed by atoms with Crippen LogP contribution in [0.4, 0.5) is 18.4 Å². The fourth-order valence-corrected chi connectivity index (χ4v) is 10.4. The molecule has 3 N–H and O–H groups in total. The molecule has 2 saturated carbocycles. The molecule has 1 spiro atoms. The number of aromatic nitrogens is 4. The van der Waals surface area contributed by atoms with E-state index in [1.807, 2.05) is 74.8 Å². The molecule has 10 rings (SSSR count). The van der Waals surface area contributed by atoms with Crippen molar-refractivity contribution in [3.63, 3.8) is 0 Å². The summed E-state index contributed by atoms with van der Waals surface area (Å²) in [6, 6.07) is 14.9. The summed E-state index contributed by atoms with van der Waals surface area (Å²) in [7, 11) is 1.27. The fourth-order valence-electron chi connectivity index (χ4n) is 10.4. The molecule has 3 amide bonds. The Bertz CT molecular complexity index is 2610. The van der Waals surface area contributed by atoms with Gasteiger partial charge in [0.05, 0.1) is 42.1 Å². The van der Waals surface area contributed by atoms with E-state index in [9.17, 15) is 14.4 Å². The van der Waals surface area contributed by atoms with Crippen molar-refractivity contribution in [2.75, 3.05) is 13.7 Å². The van der Waals surface area contributed by atoms with Gasteiger partial charge in [0.15, 0.2) is 0 Å². The monoisotopic (exact) mass is 831 g/mol. The molecule has 12 nitrogen and oxygen atoms in total. The number of alkyl carbamates (subject to hydrolysis) is 1. The third kappa shape index (κ3) is 6.64. The smallest absolute Gasteiger partial charge is 0.411 e. The number of carbonyl (C=O) groups excluding carboxylic acids is 3. The highest BCUT2D eigenvalue weighted by molar-refractivity contribution is 5.88. The van der Waals surface area contributed by atoms with Gasteiger partial charge in [-0.1, -0.05) is 44.2 Å². The Kier molecular flexibility index (Phi) is 8.95. The second-order valence-corrected chi connectivity index (χ2v) is 19.2. The van der Waals surface area contributed by atoms with Crippen LogP contribution in [0.5, 0.6) is 0 Å². The Balaban J connectivity index is 0.901. The maximum absolute atomic E-state index is 16.6. The molecule has 4 fully saturated rings. The predicted molar refractivity (Wildman–Crippen MR) is 224 cm³/mol. The largest absolute Gasteiger partial charge is 0.453 e. The van der Waals surface area contributed by atoms with Gasteiger partial charge in [-0.3, -0.25) is 9.69 Å². The first kappa shape index (κ1) is 39.4. The minimum Gasteiger partial charge on any atom is -0.453 e. The fraction of sp³-hybridized carbons (Fsp3) is 0.468. The first-order valence-electron chi connectivity index (χ1n) is 21.4. The molecule has 4 heterocycles. The molecule has 2 aromatic heterocycles. The molecule has 318 valence electrons. The van der Waals surface area contributed by atoms with Crippen molar-refractivity contribution < 1.29 is 32.6 Å². The summed E-state index contributed by atoms with van der Waals surface area (Å²) in [4.78, 5) is 59.6. The molecule has 3 aromatic carbocycles. The van der Waals surface area contributed by atoms with Crippen molar-refractivity contribution in [1.29, 1.82) is 0 Å². The van der Waals surface area contributed by atoms with E-state index in [4.69, 9.17) is 19.4 Å². The standard InChI is InChI=1S/C47H51F2N7O5/c1-24(2)38(54-43(58)60-6)42(57)55-23-46(15-16-46)21-37(55)40-50-22-36(53-40)27-9-13-31-30-12-8-25(18-32(30)47(48,49)33(31)19-27)26-10-14-34-35(20-26)52-41(51-34)39-28-7-11-29(17-28)56(39)44(59)61-45(3,4)5/h8-10,12-14,18-20,22,24,28-29,37-39H,7,11,15-17,21,23H2,1-6H3,(H,50,53)(H,51,52)(H,54,58)/t28-,29+,37-,38+,39-/m0/s1. The number of benzene rings is 3. The molecule has 14 heteroatoms. The Morgan fingerprint density at radius 3 is 2.30 bits per heavy atom.